The van der Waals surface area contributed by atoms with E-state index in [9.17, 15) is 0 Å². The van der Waals surface area contributed by atoms with E-state index in [1.165, 1.54) is 19.3 Å². The summed E-state index contributed by atoms with van der Waals surface area (Å²) in [7, 11) is 0. The fourth-order valence-electron chi connectivity index (χ4n) is 2.57. The molecule has 1 fully saturated rings. The highest BCUT2D eigenvalue weighted by atomic mass is 15.2. The number of rotatable bonds is 3. The topological polar surface area (TPSA) is 80.0 Å². The molecule has 0 aliphatic carbocycles. The van der Waals surface area contributed by atoms with Gasteiger partial charge in [-0.05, 0) is 43.9 Å². The van der Waals surface area contributed by atoms with Gasteiger partial charge in [-0.1, -0.05) is 0 Å². The average Bonchev–Trinajstić information content (AvgIpc) is 2.50. The number of aromatic nitrogens is 3. The summed E-state index contributed by atoms with van der Waals surface area (Å²) in [5.41, 5.74) is 7.96. The fourth-order valence-corrected chi connectivity index (χ4v) is 2.57. The molecule has 2 aromatic rings. The first-order valence-corrected chi connectivity index (χ1v) is 7.29. The number of nitrogens with one attached hydrogen (secondary N) is 1. The molecular formula is C15H20N6. The molecular weight excluding hydrogens is 264 g/mol. The van der Waals surface area contributed by atoms with E-state index in [2.05, 4.69) is 25.2 Å². The zero-order valence-electron chi connectivity index (χ0n) is 12.2. The van der Waals surface area contributed by atoms with Crippen molar-refractivity contribution in [2.75, 3.05) is 29.0 Å². The van der Waals surface area contributed by atoms with Crippen LogP contribution in [0.1, 0.15) is 24.8 Å². The molecule has 0 unspecified atom stereocenters. The Morgan fingerprint density at radius 1 is 1.14 bits per heavy atom. The smallest absolute Gasteiger partial charge is 0.160 e. The largest absolute Gasteiger partial charge is 0.393 e. The van der Waals surface area contributed by atoms with Crippen molar-refractivity contribution in [3.05, 3.63) is 30.2 Å². The van der Waals surface area contributed by atoms with E-state index in [0.717, 1.165) is 30.3 Å². The van der Waals surface area contributed by atoms with E-state index in [0.29, 0.717) is 11.5 Å². The van der Waals surface area contributed by atoms with E-state index < -0.39 is 0 Å². The van der Waals surface area contributed by atoms with Gasteiger partial charge in [-0.25, -0.2) is 15.0 Å². The van der Waals surface area contributed by atoms with Crippen molar-refractivity contribution in [3.8, 4) is 0 Å². The van der Waals surface area contributed by atoms with E-state index >= 15 is 0 Å². The molecule has 0 saturated carbocycles. The van der Waals surface area contributed by atoms with E-state index in [1.54, 1.807) is 12.5 Å². The van der Waals surface area contributed by atoms with Crippen LogP contribution in [0, 0.1) is 6.92 Å². The van der Waals surface area contributed by atoms with Gasteiger partial charge < -0.3 is 16.0 Å². The molecule has 0 atom stereocenters. The monoisotopic (exact) mass is 284 g/mol. The number of pyridine rings is 1. The average molecular weight is 284 g/mol. The molecule has 6 nitrogen and oxygen atoms in total. The van der Waals surface area contributed by atoms with Gasteiger partial charge in [0.1, 0.15) is 17.8 Å². The van der Waals surface area contributed by atoms with Crippen LogP contribution in [0.25, 0.3) is 0 Å². The van der Waals surface area contributed by atoms with Gasteiger partial charge in [0.15, 0.2) is 11.6 Å². The highest BCUT2D eigenvalue weighted by molar-refractivity contribution is 5.77. The van der Waals surface area contributed by atoms with Gasteiger partial charge in [-0.2, -0.15) is 0 Å². The van der Waals surface area contributed by atoms with Crippen molar-refractivity contribution >= 4 is 23.1 Å². The van der Waals surface area contributed by atoms with Crippen LogP contribution in [0.2, 0.25) is 0 Å². The zero-order chi connectivity index (χ0) is 14.7. The first-order chi connectivity index (χ1) is 10.2. The predicted molar refractivity (Wildman–Crippen MR) is 84.8 cm³/mol. The van der Waals surface area contributed by atoms with Crippen LogP contribution >= 0.6 is 0 Å². The highest BCUT2D eigenvalue weighted by Gasteiger charge is 2.17. The maximum atomic E-state index is 6.24. The molecule has 0 aromatic carbocycles. The Morgan fingerprint density at radius 2 is 1.95 bits per heavy atom. The quantitative estimate of drug-likeness (QED) is 0.901. The minimum Gasteiger partial charge on any atom is -0.393 e. The number of nitrogens with zero attached hydrogens (tertiary/aromatic N) is 4. The molecule has 3 rings (SSSR count). The normalized spacial score (nSPS) is 15.0. The molecule has 3 heterocycles. The van der Waals surface area contributed by atoms with Gasteiger partial charge in [-0.3, -0.25) is 0 Å². The first kappa shape index (κ1) is 13.6. The van der Waals surface area contributed by atoms with Crippen LogP contribution in [0.5, 0.6) is 0 Å². The second kappa shape index (κ2) is 5.95. The Hall–Kier alpha value is -2.37. The lowest BCUT2D eigenvalue weighted by atomic mass is 10.1. The Kier molecular flexibility index (Phi) is 3.85. The van der Waals surface area contributed by atoms with Gasteiger partial charge in [0, 0.05) is 19.3 Å². The molecule has 0 radical (unpaired) electrons. The summed E-state index contributed by atoms with van der Waals surface area (Å²) in [5.74, 6) is 2.17. The molecule has 110 valence electrons. The molecule has 1 aliphatic heterocycles. The molecule has 1 aliphatic rings. The summed E-state index contributed by atoms with van der Waals surface area (Å²) in [6.07, 6.45) is 6.97. The van der Waals surface area contributed by atoms with Crippen LogP contribution in [-0.2, 0) is 0 Å². The molecule has 0 bridgehead atoms. The Balaban J connectivity index is 1.86. The Morgan fingerprint density at radius 3 is 2.71 bits per heavy atom. The number of hydrogen-bond donors (Lipinski definition) is 2. The van der Waals surface area contributed by atoms with E-state index in [1.807, 2.05) is 19.1 Å². The third-order valence-corrected chi connectivity index (χ3v) is 3.68. The summed E-state index contributed by atoms with van der Waals surface area (Å²) in [6.45, 7) is 4.03. The van der Waals surface area contributed by atoms with Crippen LogP contribution in [-0.4, -0.2) is 28.0 Å². The first-order valence-electron chi connectivity index (χ1n) is 7.29. The van der Waals surface area contributed by atoms with Crippen molar-refractivity contribution in [2.24, 2.45) is 0 Å². The number of aryl methyl sites for hydroxylation is 1. The highest BCUT2D eigenvalue weighted by Crippen LogP contribution is 2.29. The van der Waals surface area contributed by atoms with E-state index in [-0.39, 0.29) is 0 Å². The maximum Gasteiger partial charge on any atom is 0.160 e. The Labute approximate surface area is 124 Å². The van der Waals surface area contributed by atoms with Gasteiger partial charge in [0.2, 0.25) is 0 Å². The summed E-state index contributed by atoms with van der Waals surface area (Å²) < 4.78 is 0. The SMILES string of the molecule is Cc1ccnc(Nc2ncnc(N3CCCCC3)c2N)c1. The number of nitrogen functional groups attached to an aromatic ring is 1. The lowest BCUT2D eigenvalue weighted by Crippen LogP contribution is -2.31. The number of hydrogen-bond acceptors (Lipinski definition) is 6. The minimum atomic E-state index is 0.586. The zero-order valence-corrected chi connectivity index (χ0v) is 12.2. The molecule has 1 saturated heterocycles. The summed E-state index contributed by atoms with van der Waals surface area (Å²) in [6, 6.07) is 3.91. The Bertz CT molecular complexity index is 621. The summed E-state index contributed by atoms with van der Waals surface area (Å²) in [5, 5.41) is 3.18. The van der Waals surface area contributed by atoms with Crippen LogP contribution in [0.15, 0.2) is 24.7 Å². The predicted octanol–water partition coefficient (Wildman–Crippen LogP) is 2.50. The fraction of sp³-hybridized carbons (Fsp3) is 0.400. The standard InChI is InChI=1S/C15H20N6/c1-11-5-6-17-12(9-11)20-14-13(16)15(19-10-18-14)21-7-3-2-4-8-21/h5-6,9-10H,2-4,7-8,16H2,1H3,(H,17,18,19,20). The molecule has 2 aromatic heterocycles. The second-order valence-corrected chi connectivity index (χ2v) is 5.35. The molecule has 21 heavy (non-hydrogen) atoms. The van der Waals surface area contributed by atoms with Crippen molar-refractivity contribution < 1.29 is 0 Å². The molecule has 0 amide bonds. The van der Waals surface area contributed by atoms with Crippen molar-refractivity contribution in [1.82, 2.24) is 15.0 Å². The third-order valence-electron chi connectivity index (χ3n) is 3.68. The van der Waals surface area contributed by atoms with Gasteiger partial charge in [-0.15, -0.1) is 0 Å². The van der Waals surface area contributed by atoms with Gasteiger partial charge >= 0.3 is 0 Å². The minimum absolute atomic E-state index is 0.586. The van der Waals surface area contributed by atoms with Crippen LogP contribution < -0.4 is 16.0 Å². The van der Waals surface area contributed by atoms with Gasteiger partial charge in [0.25, 0.3) is 0 Å². The van der Waals surface area contributed by atoms with Crippen molar-refractivity contribution in [2.45, 2.75) is 26.2 Å². The van der Waals surface area contributed by atoms with Crippen LogP contribution in [0.3, 0.4) is 0 Å². The van der Waals surface area contributed by atoms with Gasteiger partial charge in [0.05, 0.1) is 0 Å². The van der Waals surface area contributed by atoms with Crippen molar-refractivity contribution in [1.29, 1.82) is 0 Å². The third kappa shape index (κ3) is 3.04. The summed E-state index contributed by atoms with van der Waals surface area (Å²) >= 11 is 0. The molecule has 6 heteroatoms. The second-order valence-electron chi connectivity index (χ2n) is 5.35. The lowest BCUT2D eigenvalue weighted by molar-refractivity contribution is 0.574. The van der Waals surface area contributed by atoms with E-state index in [4.69, 9.17) is 5.73 Å². The number of anilines is 4. The lowest BCUT2D eigenvalue weighted by Gasteiger charge is -2.28. The number of nitrogens with two attached hydrogens (primary N) is 1. The number of piperidine rings is 1. The maximum absolute atomic E-state index is 6.24. The molecule has 3 N–H and O–H groups in total. The van der Waals surface area contributed by atoms with Crippen molar-refractivity contribution in [3.63, 3.8) is 0 Å². The van der Waals surface area contributed by atoms with Crippen LogP contribution in [0.4, 0.5) is 23.1 Å². The molecule has 0 spiro atoms. The summed E-state index contributed by atoms with van der Waals surface area (Å²) in [4.78, 5) is 15.1.